The molecule has 4 aromatic carbocycles. The number of nitrogens with two attached hydrogens (primary N) is 2. The van der Waals surface area contributed by atoms with Crippen molar-refractivity contribution >= 4 is 76.9 Å². The molecule has 0 spiro atoms. The molecule has 0 fully saturated rings. The summed E-state index contributed by atoms with van der Waals surface area (Å²) in [6.45, 7) is 7.22. The quantitative estimate of drug-likeness (QED) is 0.0210. The second-order valence-corrected chi connectivity index (χ2v) is 27.0. The number of aliphatic hydroxyl groups is 3. The molecule has 11 atom stereocenters. The van der Waals surface area contributed by atoms with Gasteiger partial charge in [-0.2, -0.15) is 0 Å². The fourth-order valence-corrected chi connectivity index (χ4v) is 11.5. The number of pyridine rings is 1. The lowest BCUT2D eigenvalue weighted by molar-refractivity contribution is -0.142. The van der Waals surface area contributed by atoms with E-state index in [4.69, 9.17) is 16.2 Å². The molecule has 0 aliphatic rings. The number of aromatic nitrogens is 3. The summed E-state index contributed by atoms with van der Waals surface area (Å²) in [6, 6.07) is 14.1. The largest absolute Gasteiger partial charge is 0.497 e. The van der Waals surface area contributed by atoms with Gasteiger partial charge in [0.1, 0.15) is 64.9 Å². The third kappa shape index (κ3) is 25.3. The molecule has 6 aromatic rings. The predicted molar refractivity (Wildman–Crippen MR) is 394 cm³/mol. The van der Waals surface area contributed by atoms with Gasteiger partial charge < -0.3 is 99.9 Å². The van der Waals surface area contributed by atoms with Crippen molar-refractivity contribution < 1.29 is 97.0 Å². The van der Waals surface area contributed by atoms with Crippen molar-refractivity contribution in [1.29, 1.82) is 0 Å². The van der Waals surface area contributed by atoms with E-state index in [9.17, 15) is 87.9 Å². The van der Waals surface area contributed by atoms with Crippen LogP contribution >= 0.6 is 0 Å². The average molecular weight is 1530 g/mol. The first-order chi connectivity index (χ1) is 52.0. The van der Waals surface area contributed by atoms with Crippen LogP contribution in [0.25, 0.3) is 22.4 Å². The zero-order valence-corrected chi connectivity index (χ0v) is 61.8. The molecule has 0 bridgehead atoms. The predicted octanol–water partition coefficient (Wildman–Crippen LogP) is -1.39. The monoisotopic (exact) mass is 1530 g/mol. The standard InChI is InChI=1S/C75H94FN15O19/c1-9-44-30-48(110-8)23-24-50(44)45-21-18-42(19-22-45)28-56(67(103)83-55(64(78)100)29-43-20-25-53(80-34-43)49-16-12-10-14-39(49)2)84-68(104)57(32-61(98)99)85-69(105)58(37-92)86-70(106)62(40(3)93)89-73(109)75(7,33-46-15-11-13-17-51(46)76)91-71(107)63(41(4)94)88-59(95)36-81-66(102)54(26-27-60(96)97)87-72(108)74(5,6)90-65(101)52(77)31-47-35-79-38-82-47/h10-25,30,34-35,38,40-41,52,54-58,62-63,92-94H,9,26-29,31-33,36-37,77H2,1-8H3,(H2,78,100)(H,79,82)(H,81,102)(H,83,103)(H,84,104)(H,85,105)(H,86,106)(H,87,108)(H,88,95)(H,89,109)(H,90,101)(H,91,107)(H,96,97)(H,98,99). The van der Waals surface area contributed by atoms with Gasteiger partial charge in [0.05, 0.1) is 57.0 Å². The summed E-state index contributed by atoms with van der Waals surface area (Å²) >= 11 is 0. The molecule has 0 saturated carbocycles. The number of nitrogens with one attached hydrogen (secondary N) is 11. The Kier molecular flexibility index (Phi) is 31.7. The van der Waals surface area contributed by atoms with Gasteiger partial charge in [0.2, 0.25) is 65.0 Å². The van der Waals surface area contributed by atoms with Crippen molar-refractivity contribution in [3.63, 3.8) is 0 Å². The number of hydrogen-bond donors (Lipinski definition) is 18. The van der Waals surface area contributed by atoms with E-state index in [-0.39, 0.29) is 24.8 Å². The molecule has 35 heteroatoms. The van der Waals surface area contributed by atoms with Crippen LogP contribution in [0, 0.1) is 12.7 Å². The Hall–Kier alpha value is -12.1. The molecule has 11 amide bonds. The van der Waals surface area contributed by atoms with Gasteiger partial charge in [-0.3, -0.25) is 67.3 Å². The number of carboxylic acid groups (broad SMARTS) is 2. The van der Waals surface area contributed by atoms with E-state index in [0.717, 1.165) is 54.7 Å². The number of ether oxygens (including phenoxy) is 1. The van der Waals surface area contributed by atoms with Gasteiger partial charge in [-0.15, -0.1) is 0 Å². The second kappa shape index (κ2) is 40.2. The topological polar surface area (TPSA) is 546 Å². The highest BCUT2D eigenvalue weighted by Crippen LogP contribution is 2.29. The van der Waals surface area contributed by atoms with Crippen molar-refractivity contribution in [2.24, 2.45) is 11.5 Å². The number of aliphatic carboxylic acids is 2. The van der Waals surface area contributed by atoms with Crippen molar-refractivity contribution in [3.05, 3.63) is 161 Å². The number of nitrogens with zero attached hydrogens (tertiary/aromatic N) is 2. The molecule has 0 aliphatic heterocycles. The van der Waals surface area contributed by atoms with Crippen LogP contribution in [0.3, 0.4) is 0 Å². The highest BCUT2D eigenvalue weighted by molar-refractivity contribution is 6.01. The number of carbonyl (C=O) groups is 13. The fraction of sp³-hybridized carbons (Fsp3) is 0.400. The van der Waals surface area contributed by atoms with Crippen molar-refractivity contribution in [1.82, 2.24) is 68.1 Å². The SMILES string of the molecule is CCc1cc(OC)ccc1-c1ccc(CC(NC(=O)C(CC(=O)O)NC(=O)C(CO)NC(=O)C(NC(=O)C(C)(Cc2ccccc2F)NC(=O)C(NC(=O)CNC(=O)C(CCC(=O)O)NC(=O)C(C)(C)NC(=O)C(N)Cc2cnc[nH]2)C(C)O)C(C)O)C(=O)NC(Cc2ccc(-c3ccccc3C)nc2)C(N)=O)cc1. The van der Waals surface area contributed by atoms with Gasteiger partial charge >= 0.3 is 11.9 Å². The molecule has 110 heavy (non-hydrogen) atoms. The number of carboxylic acids is 2. The minimum absolute atomic E-state index is 0.00734. The number of imidazole rings is 1. The van der Waals surface area contributed by atoms with Crippen LogP contribution in [0.4, 0.5) is 4.39 Å². The smallest absolute Gasteiger partial charge is 0.305 e. The van der Waals surface area contributed by atoms with Crippen LogP contribution in [-0.4, -0.2) is 209 Å². The molecule has 0 radical (unpaired) electrons. The van der Waals surface area contributed by atoms with Crippen molar-refractivity contribution in [3.8, 4) is 28.1 Å². The maximum absolute atomic E-state index is 15.5. The number of aliphatic hydroxyl groups excluding tert-OH is 3. The third-order valence-corrected chi connectivity index (χ3v) is 17.8. The second-order valence-electron chi connectivity index (χ2n) is 27.0. The number of benzene rings is 4. The van der Waals surface area contributed by atoms with Gasteiger partial charge in [-0.1, -0.05) is 85.8 Å². The molecular formula is C75H94FN15O19. The normalized spacial score (nSPS) is 14.5. The molecule has 0 aliphatic carbocycles. The van der Waals surface area contributed by atoms with Crippen LogP contribution < -0.4 is 69.4 Å². The van der Waals surface area contributed by atoms with Gasteiger partial charge in [-0.05, 0) is 118 Å². The summed E-state index contributed by atoms with van der Waals surface area (Å²) in [5, 5.41) is 75.2. The third-order valence-electron chi connectivity index (χ3n) is 17.8. The lowest BCUT2D eigenvalue weighted by Gasteiger charge is -2.34. The maximum atomic E-state index is 15.5. The number of aromatic amines is 1. The molecule has 2 aromatic heterocycles. The van der Waals surface area contributed by atoms with Crippen LogP contribution in [0.5, 0.6) is 5.75 Å². The number of methoxy groups -OCH3 is 1. The zero-order valence-electron chi connectivity index (χ0n) is 61.8. The van der Waals surface area contributed by atoms with E-state index < -0.39 is 193 Å². The summed E-state index contributed by atoms with van der Waals surface area (Å²) in [6.07, 6.45) is -2.39. The molecule has 34 nitrogen and oxygen atoms in total. The highest BCUT2D eigenvalue weighted by atomic mass is 19.1. The summed E-state index contributed by atoms with van der Waals surface area (Å²) < 4.78 is 20.9. The van der Waals surface area contributed by atoms with Gasteiger partial charge in [-0.25, -0.2) is 9.37 Å². The molecule has 0 saturated heterocycles. The molecular weight excluding hydrogens is 1430 g/mol. The summed E-state index contributed by atoms with van der Waals surface area (Å²) in [5.74, 6) is -16.2. The van der Waals surface area contributed by atoms with Gasteiger partial charge in [0, 0.05) is 55.8 Å². The number of aryl methyl sites for hydroxylation is 2. The number of primary amides is 1. The van der Waals surface area contributed by atoms with E-state index in [2.05, 4.69) is 68.1 Å². The summed E-state index contributed by atoms with van der Waals surface area (Å²) in [4.78, 5) is 188. The number of rotatable bonds is 41. The Labute approximate surface area is 632 Å². The number of amides is 11. The van der Waals surface area contributed by atoms with E-state index in [1.165, 1.54) is 50.8 Å². The molecule has 11 unspecified atom stereocenters. The molecule has 2 heterocycles. The van der Waals surface area contributed by atoms with Crippen LogP contribution in [0.1, 0.15) is 94.3 Å². The molecule has 590 valence electrons. The van der Waals surface area contributed by atoms with E-state index >= 15 is 4.39 Å². The van der Waals surface area contributed by atoms with Gasteiger partial charge in [0.15, 0.2) is 0 Å². The Morgan fingerprint density at radius 1 is 0.609 bits per heavy atom. The minimum Gasteiger partial charge on any atom is -0.497 e. The molecule has 20 N–H and O–H groups in total. The van der Waals surface area contributed by atoms with Crippen molar-refractivity contribution in [2.75, 3.05) is 20.3 Å². The zero-order chi connectivity index (χ0) is 81.3. The van der Waals surface area contributed by atoms with E-state index in [0.29, 0.717) is 34.7 Å². The first-order valence-electron chi connectivity index (χ1n) is 34.9. The first-order valence-corrected chi connectivity index (χ1v) is 34.9. The van der Waals surface area contributed by atoms with Crippen LogP contribution in [0.2, 0.25) is 0 Å². The lowest BCUT2D eigenvalue weighted by atomic mass is 9.90. The number of H-pyrrole nitrogens is 1. The maximum Gasteiger partial charge on any atom is 0.305 e. The Balaban J connectivity index is 1.17. The Morgan fingerprint density at radius 2 is 1.22 bits per heavy atom. The number of halogens is 1. The lowest BCUT2D eigenvalue weighted by Crippen LogP contribution is -2.67. The summed E-state index contributed by atoms with van der Waals surface area (Å²) in [7, 11) is 1.54. The Bertz CT molecular complexity index is 4280. The number of hydrogen-bond acceptors (Lipinski definition) is 20. The van der Waals surface area contributed by atoms with Crippen molar-refractivity contribution in [2.45, 2.75) is 171 Å². The highest BCUT2D eigenvalue weighted by Gasteiger charge is 2.43. The fourth-order valence-electron chi connectivity index (χ4n) is 11.5. The van der Waals surface area contributed by atoms with Gasteiger partial charge in [0.25, 0.3) is 0 Å². The summed E-state index contributed by atoms with van der Waals surface area (Å²) in [5.41, 5.74) is 13.9. The Morgan fingerprint density at radius 3 is 1.81 bits per heavy atom. The average Bonchev–Trinajstić information content (AvgIpc) is 1.10. The minimum atomic E-state index is -2.43. The van der Waals surface area contributed by atoms with Crippen LogP contribution in [-0.2, 0) is 94.4 Å². The van der Waals surface area contributed by atoms with Crippen LogP contribution in [0.15, 0.2) is 122 Å². The molecule has 6 rings (SSSR count). The number of carbonyl (C=O) groups excluding carboxylic acids is 11. The first kappa shape index (κ1) is 86.8. The van der Waals surface area contributed by atoms with E-state index in [1.807, 2.05) is 50.2 Å². The van der Waals surface area contributed by atoms with E-state index in [1.54, 1.807) is 49.6 Å².